The highest BCUT2D eigenvalue weighted by molar-refractivity contribution is 7.89. The number of hydrazine groups is 1. The molecule has 0 amide bonds. The Hall–Kier alpha value is -3.24. The molecule has 146 valence electrons. The van der Waals surface area contributed by atoms with Crippen LogP contribution in [0.3, 0.4) is 0 Å². The van der Waals surface area contributed by atoms with E-state index < -0.39 is 14.9 Å². The Morgan fingerprint density at radius 1 is 1.00 bits per heavy atom. The monoisotopic (exact) mass is 402 g/mol. The number of hydrogen-bond acceptors (Lipinski definition) is 7. The van der Waals surface area contributed by atoms with Gasteiger partial charge in [-0.05, 0) is 31.2 Å². The van der Waals surface area contributed by atoms with Crippen molar-refractivity contribution in [1.29, 1.82) is 0 Å². The van der Waals surface area contributed by atoms with E-state index in [2.05, 4.69) is 10.9 Å². The molecule has 2 aromatic rings. The van der Waals surface area contributed by atoms with Gasteiger partial charge in [0.1, 0.15) is 0 Å². The van der Waals surface area contributed by atoms with Gasteiger partial charge in [0.05, 0.1) is 34.3 Å². The Balaban J connectivity index is 1.70. The van der Waals surface area contributed by atoms with Gasteiger partial charge in [0.25, 0.3) is 5.69 Å². The van der Waals surface area contributed by atoms with Crippen LogP contribution in [0, 0.1) is 17.0 Å². The molecule has 0 aromatic heterocycles. The zero-order valence-electron chi connectivity index (χ0n) is 15.0. The number of benzene rings is 2. The van der Waals surface area contributed by atoms with Crippen LogP contribution in [0.4, 0.5) is 11.4 Å². The number of nitrogens with zero attached hydrogens (tertiary/aromatic N) is 2. The van der Waals surface area contributed by atoms with Crippen molar-refractivity contribution in [3.63, 3.8) is 0 Å². The van der Waals surface area contributed by atoms with Crippen LogP contribution >= 0.6 is 0 Å². The fourth-order valence-corrected chi connectivity index (χ4v) is 4.01. The summed E-state index contributed by atoms with van der Waals surface area (Å²) in [5, 5.41) is 10.7. The van der Waals surface area contributed by atoms with E-state index in [9.17, 15) is 23.3 Å². The van der Waals surface area contributed by atoms with Crippen molar-refractivity contribution in [1.82, 2.24) is 9.73 Å². The highest BCUT2D eigenvalue weighted by Crippen LogP contribution is 2.20. The van der Waals surface area contributed by atoms with Gasteiger partial charge in [-0.3, -0.25) is 14.9 Å². The molecule has 1 aliphatic heterocycles. The number of nitro benzene ring substituents is 1. The molecule has 2 aromatic carbocycles. The first-order valence-corrected chi connectivity index (χ1v) is 9.76. The SMILES string of the molecule is Cc1ccc(S(=O)(=O)N2CC(=O)C=C(NNc3ccc([N+](=O)[O-])cc3)C2)cc1. The molecule has 2 N–H and O–H groups in total. The molecule has 28 heavy (non-hydrogen) atoms. The first-order chi connectivity index (χ1) is 13.3. The van der Waals surface area contributed by atoms with E-state index in [0.717, 1.165) is 9.87 Å². The zero-order chi connectivity index (χ0) is 20.3. The number of aryl methyl sites for hydroxylation is 1. The van der Waals surface area contributed by atoms with Crippen LogP contribution in [0.1, 0.15) is 5.56 Å². The van der Waals surface area contributed by atoms with Crippen LogP contribution in [-0.2, 0) is 14.8 Å². The van der Waals surface area contributed by atoms with Gasteiger partial charge < -0.3 is 10.9 Å². The van der Waals surface area contributed by atoms with Gasteiger partial charge in [-0.1, -0.05) is 17.7 Å². The predicted octanol–water partition coefficient (Wildman–Crippen LogP) is 1.98. The molecule has 10 heteroatoms. The molecule has 0 unspecified atom stereocenters. The number of rotatable bonds is 6. The molecule has 0 saturated heterocycles. The molecule has 0 spiro atoms. The van der Waals surface area contributed by atoms with Crippen LogP contribution in [0.15, 0.2) is 65.2 Å². The second-order valence-electron chi connectivity index (χ2n) is 6.28. The lowest BCUT2D eigenvalue weighted by Crippen LogP contribution is -2.43. The predicted molar refractivity (Wildman–Crippen MR) is 103 cm³/mol. The average molecular weight is 402 g/mol. The largest absolute Gasteiger partial charge is 0.304 e. The minimum Gasteiger partial charge on any atom is -0.304 e. The molecular weight excluding hydrogens is 384 g/mol. The van der Waals surface area contributed by atoms with Gasteiger partial charge in [0, 0.05) is 18.2 Å². The average Bonchev–Trinajstić information content (AvgIpc) is 2.66. The van der Waals surface area contributed by atoms with Gasteiger partial charge in [-0.15, -0.1) is 0 Å². The maximum atomic E-state index is 12.8. The standard InChI is InChI=1S/C18H18N4O5S/c1-13-2-8-18(9-3-13)28(26,27)21-11-15(10-17(23)12-21)20-19-14-4-6-16(7-5-14)22(24)25/h2-10,19-20H,11-12H2,1H3. The maximum Gasteiger partial charge on any atom is 0.269 e. The second kappa shape index (κ2) is 7.79. The zero-order valence-corrected chi connectivity index (χ0v) is 15.8. The third kappa shape index (κ3) is 4.35. The molecule has 0 radical (unpaired) electrons. The summed E-state index contributed by atoms with van der Waals surface area (Å²) in [6, 6.07) is 12.1. The van der Waals surface area contributed by atoms with Crippen LogP contribution in [0.5, 0.6) is 0 Å². The Morgan fingerprint density at radius 3 is 2.25 bits per heavy atom. The van der Waals surface area contributed by atoms with Gasteiger partial charge in [0.2, 0.25) is 10.0 Å². The topological polar surface area (TPSA) is 122 Å². The van der Waals surface area contributed by atoms with Crippen LogP contribution in [0.2, 0.25) is 0 Å². The van der Waals surface area contributed by atoms with Crippen molar-refractivity contribution in [3.05, 3.63) is 76.0 Å². The summed E-state index contributed by atoms with van der Waals surface area (Å²) in [7, 11) is -3.81. The summed E-state index contributed by atoms with van der Waals surface area (Å²) in [6.07, 6.45) is 1.33. The third-order valence-electron chi connectivity index (χ3n) is 4.12. The lowest BCUT2D eigenvalue weighted by atomic mass is 10.2. The van der Waals surface area contributed by atoms with Crippen molar-refractivity contribution in [2.45, 2.75) is 11.8 Å². The van der Waals surface area contributed by atoms with E-state index >= 15 is 0 Å². The van der Waals surface area contributed by atoms with E-state index in [1.54, 1.807) is 12.1 Å². The number of hydrogen-bond donors (Lipinski definition) is 2. The summed E-state index contributed by atoms with van der Waals surface area (Å²) >= 11 is 0. The number of nitrogens with one attached hydrogen (secondary N) is 2. The van der Waals surface area contributed by atoms with E-state index in [4.69, 9.17) is 0 Å². The number of sulfonamides is 1. The molecule has 3 rings (SSSR count). The van der Waals surface area contributed by atoms with Crippen molar-refractivity contribution < 1.29 is 18.1 Å². The van der Waals surface area contributed by atoms with E-state index in [1.807, 2.05) is 6.92 Å². The number of nitro groups is 1. The fourth-order valence-electron chi connectivity index (χ4n) is 2.63. The minimum atomic E-state index is -3.81. The van der Waals surface area contributed by atoms with Gasteiger partial charge in [0.15, 0.2) is 5.78 Å². The highest BCUT2D eigenvalue weighted by atomic mass is 32.2. The first kappa shape index (κ1) is 19.5. The summed E-state index contributed by atoms with van der Waals surface area (Å²) < 4.78 is 26.7. The molecule has 0 saturated carbocycles. The number of anilines is 1. The van der Waals surface area contributed by atoms with Crippen molar-refractivity contribution >= 4 is 27.2 Å². The van der Waals surface area contributed by atoms with Gasteiger partial charge >= 0.3 is 0 Å². The molecule has 0 aliphatic carbocycles. The quantitative estimate of drug-likeness (QED) is 0.560. The summed E-state index contributed by atoms with van der Waals surface area (Å²) in [4.78, 5) is 22.3. The summed E-state index contributed by atoms with van der Waals surface area (Å²) in [5.74, 6) is -0.352. The number of carbonyl (C=O) groups excluding carboxylic acids is 1. The second-order valence-corrected chi connectivity index (χ2v) is 8.21. The summed E-state index contributed by atoms with van der Waals surface area (Å²) in [5.41, 5.74) is 7.38. The number of ketones is 1. The van der Waals surface area contributed by atoms with Crippen molar-refractivity contribution in [3.8, 4) is 0 Å². The van der Waals surface area contributed by atoms with Crippen molar-refractivity contribution in [2.24, 2.45) is 0 Å². The number of carbonyl (C=O) groups is 1. The lowest BCUT2D eigenvalue weighted by Gasteiger charge is -2.26. The fraction of sp³-hybridized carbons (Fsp3) is 0.167. The van der Waals surface area contributed by atoms with E-state index in [1.165, 1.54) is 42.5 Å². The minimum absolute atomic E-state index is 0.0120. The normalized spacial score (nSPS) is 15.0. The third-order valence-corrected chi connectivity index (χ3v) is 5.92. The lowest BCUT2D eigenvalue weighted by molar-refractivity contribution is -0.384. The van der Waals surface area contributed by atoms with Crippen LogP contribution < -0.4 is 10.9 Å². The summed E-state index contributed by atoms with van der Waals surface area (Å²) in [6.45, 7) is 1.61. The molecule has 0 fully saturated rings. The van der Waals surface area contributed by atoms with Gasteiger partial charge in [-0.25, -0.2) is 8.42 Å². The Bertz CT molecular complexity index is 1030. The molecule has 1 aliphatic rings. The van der Waals surface area contributed by atoms with Gasteiger partial charge in [-0.2, -0.15) is 4.31 Å². The molecule has 1 heterocycles. The van der Waals surface area contributed by atoms with Crippen molar-refractivity contribution in [2.75, 3.05) is 18.5 Å². The van der Waals surface area contributed by atoms with Crippen LogP contribution in [-0.4, -0.2) is 36.5 Å². The van der Waals surface area contributed by atoms with E-state index in [0.29, 0.717) is 11.4 Å². The number of non-ortho nitro benzene ring substituents is 1. The highest BCUT2D eigenvalue weighted by Gasteiger charge is 2.30. The van der Waals surface area contributed by atoms with Crippen LogP contribution in [0.25, 0.3) is 0 Å². The maximum absolute atomic E-state index is 12.8. The molecule has 9 nitrogen and oxygen atoms in total. The first-order valence-electron chi connectivity index (χ1n) is 8.32. The molecular formula is C18H18N4O5S. The smallest absolute Gasteiger partial charge is 0.269 e. The Morgan fingerprint density at radius 2 is 1.64 bits per heavy atom. The Kier molecular flexibility index (Phi) is 5.43. The van der Waals surface area contributed by atoms with E-state index in [-0.39, 0.29) is 29.5 Å². The molecule has 0 atom stereocenters. The molecule has 0 bridgehead atoms. The Labute approximate surface area is 161 Å².